The Hall–Kier alpha value is -3.55. The van der Waals surface area contributed by atoms with Crippen molar-refractivity contribution in [3.05, 3.63) is 71.0 Å². The maximum atomic E-state index is 12.6. The smallest absolute Gasteiger partial charge is 0.281 e. The molecule has 4 rings (SSSR count). The molecular formula is C19H17N5O3. The van der Waals surface area contributed by atoms with E-state index in [0.29, 0.717) is 18.7 Å². The molecule has 0 bridgehead atoms. The number of hydrogen-bond acceptors (Lipinski definition) is 5. The summed E-state index contributed by atoms with van der Waals surface area (Å²) in [7, 11) is 0. The van der Waals surface area contributed by atoms with Crippen LogP contribution in [0.2, 0.25) is 0 Å². The number of anilines is 1. The SMILES string of the molecule is O=C(Nc1cnc2ccccn2c1=O)C1CC(=O)N(Cc2ccccn2)C1. The van der Waals surface area contributed by atoms with Crippen LogP contribution in [0, 0.1) is 5.92 Å². The zero-order chi connectivity index (χ0) is 18.8. The maximum absolute atomic E-state index is 12.6. The van der Waals surface area contributed by atoms with Gasteiger partial charge in [-0.25, -0.2) is 4.98 Å². The van der Waals surface area contributed by atoms with E-state index in [4.69, 9.17) is 0 Å². The van der Waals surface area contributed by atoms with E-state index in [0.717, 1.165) is 5.69 Å². The minimum Gasteiger partial charge on any atom is -0.336 e. The monoisotopic (exact) mass is 363 g/mol. The first-order chi connectivity index (χ1) is 13.1. The summed E-state index contributed by atoms with van der Waals surface area (Å²) in [5.41, 5.74) is 1.00. The molecule has 1 aliphatic rings. The Morgan fingerprint density at radius 3 is 2.81 bits per heavy atom. The summed E-state index contributed by atoms with van der Waals surface area (Å²) in [5, 5.41) is 2.62. The second-order valence-electron chi connectivity index (χ2n) is 6.39. The molecule has 2 amide bonds. The summed E-state index contributed by atoms with van der Waals surface area (Å²) < 4.78 is 1.36. The summed E-state index contributed by atoms with van der Waals surface area (Å²) >= 11 is 0. The van der Waals surface area contributed by atoms with Crippen LogP contribution in [0.5, 0.6) is 0 Å². The topological polar surface area (TPSA) is 96.7 Å². The number of carbonyl (C=O) groups excluding carboxylic acids is 2. The third-order valence-electron chi connectivity index (χ3n) is 4.54. The zero-order valence-electron chi connectivity index (χ0n) is 14.4. The molecule has 3 aromatic rings. The van der Waals surface area contributed by atoms with Crippen LogP contribution in [0.15, 0.2) is 59.8 Å². The Kier molecular flexibility index (Phi) is 4.37. The van der Waals surface area contributed by atoms with Gasteiger partial charge in [-0.15, -0.1) is 0 Å². The normalized spacial score (nSPS) is 16.7. The molecule has 0 aliphatic carbocycles. The molecule has 8 nitrogen and oxygen atoms in total. The van der Waals surface area contributed by atoms with Crippen molar-refractivity contribution < 1.29 is 9.59 Å². The number of rotatable bonds is 4. The van der Waals surface area contributed by atoms with E-state index in [1.165, 1.54) is 10.6 Å². The van der Waals surface area contributed by atoms with Gasteiger partial charge in [0.25, 0.3) is 5.56 Å². The van der Waals surface area contributed by atoms with Gasteiger partial charge in [0.1, 0.15) is 11.3 Å². The lowest BCUT2D eigenvalue weighted by atomic mass is 10.1. The highest BCUT2D eigenvalue weighted by Crippen LogP contribution is 2.21. The van der Waals surface area contributed by atoms with Gasteiger partial charge in [0.05, 0.1) is 24.4 Å². The third kappa shape index (κ3) is 3.41. The van der Waals surface area contributed by atoms with Crippen LogP contribution in [0.4, 0.5) is 5.69 Å². The zero-order valence-corrected chi connectivity index (χ0v) is 14.4. The van der Waals surface area contributed by atoms with E-state index in [2.05, 4.69) is 15.3 Å². The van der Waals surface area contributed by atoms with Crippen LogP contribution in [0.1, 0.15) is 12.1 Å². The highest BCUT2D eigenvalue weighted by molar-refractivity contribution is 5.97. The summed E-state index contributed by atoms with van der Waals surface area (Å²) in [5.74, 6) is -0.979. The Labute approximate surface area is 154 Å². The van der Waals surface area contributed by atoms with Crippen LogP contribution < -0.4 is 10.9 Å². The van der Waals surface area contributed by atoms with Crippen molar-refractivity contribution >= 4 is 23.1 Å². The number of fused-ring (bicyclic) bond motifs is 1. The fourth-order valence-electron chi connectivity index (χ4n) is 3.14. The van der Waals surface area contributed by atoms with Gasteiger partial charge in [0.2, 0.25) is 11.8 Å². The molecule has 1 unspecified atom stereocenters. The van der Waals surface area contributed by atoms with Crippen molar-refractivity contribution in [1.82, 2.24) is 19.3 Å². The summed E-state index contributed by atoms with van der Waals surface area (Å²) in [6.07, 6.45) is 4.72. The first-order valence-electron chi connectivity index (χ1n) is 8.57. The van der Waals surface area contributed by atoms with Crippen molar-refractivity contribution in [2.24, 2.45) is 5.92 Å². The van der Waals surface area contributed by atoms with Crippen LogP contribution in [-0.4, -0.2) is 37.6 Å². The summed E-state index contributed by atoms with van der Waals surface area (Å²) in [6.45, 7) is 0.660. The molecule has 1 saturated heterocycles. The van der Waals surface area contributed by atoms with E-state index < -0.39 is 5.92 Å². The molecule has 1 atom stereocenters. The van der Waals surface area contributed by atoms with Gasteiger partial charge in [0, 0.05) is 25.4 Å². The highest BCUT2D eigenvalue weighted by Gasteiger charge is 2.34. The molecule has 8 heteroatoms. The van der Waals surface area contributed by atoms with Crippen LogP contribution >= 0.6 is 0 Å². The third-order valence-corrected chi connectivity index (χ3v) is 4.54. The van der Waals surface area contributed by atoms with Gasteiger partial charge in [0.15, 0.2) is 0 Å². The predicted molar refractivity (Wildman–Crippen MR) is 97.9 cm³/mol. The molecule has 1 N–H and O–H groups in total. The number of likely N-dealkylation sites (tertiary alicyclic amines) is 1. The molecule has 3 aromatic heterocycles. The predicted octanol–water partition coefficient (Wildman–Crippen LogP) is 1.08. The van der Waals surface area contributed by atoms with Crippen LogP contribution in [0.3, 0.4) is 0 Å². The minimum absolute atomic E-state index is 0.0966. The van der Waals surface area contributed by atoms with Crippen molar-refractivity contribution in [3.8, 4) is 0 Å². The number of nitrogens with zero attached hydrogens (tertiary/aromatic N) is 4. The molecule has 0 spiro atoms. The number of nitrogens with one attached hydrogen (secondary N) is 1. The van der Waals surface area contributed by atoms with Gasteiger partial charge in [-0.05, 0) is 24.3 Å². The van der Waals surface area contributed by atoms with Gasteiger partial charge in [-0.1, -0.05) is 12.1 Å². The van der Waals surface area contributed by atoms with Gasteiger partial charge < -0.3 is 10.2 Å². The first-order valence-corrected chi connectivity index (χ1v) is 8.57. The standard InChI is InChI=1S/C19H17N5O3/c25-17-9-13(11-23(17)12-14-5-1-3-7-20-14)18(26)22-15-10-21-16-6-2-4-8-24(16)19(15)27/h1-8,10,13H,9,11-12H2,(H,22,26). The molecular weight excluding hydrogens is 346 g/mol. The van der Waals surface area contributed by atoms with E-state index in [9.17, 15) is 14.4 Å². The van der Waals surface area contributed by atoms with E-state index in [-0.39, 0.29) is 29.5 Å². The quantitative estimate of drug-likeness (QED) is 0.748. The number of amides is 2. The lowest BCUT2D eigenvalue weighted by molar-refractivity contribution is -0.128. The lowest BCUT2D eigenvalue weighted by Gasteiger charge is -2.16. The van der Waals surface area contributed by atoms with Crippen LogP contribution in [-0.2, 0) is 16.1 Å². The first kappa shape index (κ1) is 16.9. The van der Waals surface area contributed by atoms with Crippen molar-refractivity contribution in [3.63, 3.8) is 0 Å². The van der Waals surface area contributed by atoms with Crippen molar-refractivity contribution in [2.45, 2.75) is 13.0 Å². The van der Waals surface area contributed by atoms with E-state index >= 15 is 0 Å². The Morgan fingerprint density at radius 2 is 2.00 bits per heavy atom. The molecule has 136 valence electrons. The molecule has 0 radical (unpaired) electrons. The van der Waals surface area contributed by atoms with Gasteiger partial charge >= 0.3 is 0 Å². The van der Waals surface area contributed by atoms with Gasteiger partial charge in [-0.3, -0.25) is 23.8 Å². The molecule has 1 fully saturated rings. The molecule has 4 heterocycles. The minimum atomic E-state index is -0.517. The second kappa shape index (κ2) is 6.99. The average Bonchev–Trinajstić information content (AvgIpc) is 3.05. The number of pyridine rings is 2. The van der Waals surface area contributed by atoms with Crippen molar-refractivity contribution in [1.29, 1.82) is 0 Å². The molecule has 0 saturated carbocycles. The van der Waals surface area contributed by atoms with E-state index in [1.807, 2.05) is 18.2 Å². The number of carbonyl (C=O) groups is 2. The number of hydrogen-bond donors (Lipinski definition) is 1. The number of aromatic nitrogens is 3. The fourth-order valence-corrected chi connectivity index (χ4v) is 3.14. The fraction of sp³-hybridized carbons (Fsp3) is 0.211. The summed E-state index contributed by atoms with van der Waals surface area (Å²) in [6, 6.07) is 10.7. The van der Waals surface area contributed by atoms with Gasteiger partial charge in [-0.2, -0.15) is 0 Å². The van der Waals surface area contributed by atoms with Crippen molar-refractivity contribution in [2.75, 3.05) is 11.9 Å². The highest BCUT2D eigenvalue weighted by atomic mass is 16.2. The lowest BCUT2D eigenvalue weighted by Crippen LogP contribution is -2.30. The Balaban J connectivity index is 1.47. The Bertz CT molecular complexity index is 1060. The maximum Gasteiger partial charge on any atom is 0.281 e. The molecule has 0 aromatic carbocycles. The van der Waals surface area contributed by atoms with Crippen LogP contribution in [0.25, 0.3) is 5.65 Å². The summed E-state index contributed by atoms with van der Waals surface area (Å²) in [4.78, 5) is 47.3. The Morgan fingerprint density at radius 1 is 1.15 bits per heavy atom. The molecule has 27 heavy (non-hydrogen) atoms. The largest absolute Gasteiger partial charge is 0.336 e. The van der Waals surface area contributed by atoms with E-state index in [1.54, 1.807) is 35.5 Å². The average molecular weight is 363 g/mol. The second-order valence-corrected chi connectivity index (χ2v) is 6.39. The molecule has 1 aliphatic heterocycles.